The first kappa shape index (κ1) is 14.0. The molecule has 0 aliphatic heterocycles. The SMILES string of the molecule is CCOC(=O)C1CCCc2sc(-c3ncc(Cl)s3)nc21. The average Bonchev–Trinajstić information content (AvgIpc) is 3.03. The second kappa shape index (κ2) is 5.79. The third kappa shape index (κ3) is 2.60. The third-order valence-electron chi connectivity index (χ3n) is 3.19. The summed E-state index contributed by atoms with van der Waals surface area (Å²) in [5.74, 6) is -0.387. The molecule has 0 spiro atoms. The lowest BCUT2D eigenvalue weighted by Gasteiger charge is -2.19. The normalized spacial score (nSPS) is 17.8. The molecule has 2 aromatic heterocycles. The molecule has 4 nitrogen and oxygen atoms in total. The summed E-state index contributed by atoms with van der Waals surface area (Å²) < 4.78 is 5.80. The van der Waals surface area contributed by atoms with E-state index in [0.717, 1.165) is 35.0 Å². The molecule has 0 radical (unpaired) electrons. The summed E-state index contributed by atoms with van der Waals surface area (Å²) in [5.41, 5.74) is 0.876. The summed E-state index contributed by atoms with van der Waals surface area (Å²) in [6.07, 6.45) is 4.41. The first-order valence-corrected chi connectivity index (χ1v) is 8.48. The second-order valence-electron chi connectivity index (χ2n) is 4.49. The van der Waals surface area contributed by atoms with E-state index in [2.05, 4.69) is 9.97 Å². The molecule has 1 aliphatic rings. The molecule has 0 saturated carbocycles. The third-order valence-corrected chi connectivity index (χ3v) is 5.57. The molecule has 1 atom stereocenters. The zero-order valence-electron chi connectivity index (χ0n) is 10.9. The van der Waals surface area contributed by atoms with Gasteiger partial charge in [-0.3, -0.25) is 4.79 Å². The number of carbonyl (C=O) groups excluding carboxylic acids is 1. The molecular formula is C13H13ClN2O2S2. The molecule has 3 rings (SSSR count). The number of ether oxygens (including phenoxy) is 1. The maximum Gasteiger partial charge on any atom is 0.315 e. The Kier molecular flexibility index (Phi) is 4.05. The van der Waals surface area contributed by atoms with Crippen LogP contribution < -0.4 is 0 Å². The Bertz CT molecular complexity index is 638. The first-order valence-electron chi connectivity index (χ1n) is 6.47. The predicted octanol–water partition coefficient (Wildman–Crippen LogP) is 3.90. The largest absolute Gasteiger partial charge is 0.465 e. The molecule has 2 aromatic rings. The van der Waals surface area contributed by atoms with Gasteiger partial charge < -0.3 is 4.74 Å². The number of carbonyl (C=O) groups is 1. The van der Waals surface area contributed by atoms with Crippen LogP contribution in [0.2, 0.25) is 4.34 Å². The fourth-order valence-corrected chi connectivity index (χ4v) is 4.44. The molecule has 1 unspecified atom stereocenters. The number of aromatic nitrogens is 2. The average molecular weight is 329 g/mol. The number of halogens is 1. The summed E-state index contributed by atoms with van der Waals surface area (Å²) in [5, 5.41) is 1.67. The molecule has 0 amide bonds. The molecule has 20 heavy (non-hydrogen) atoms. The minimum Gasteiger partial charge on any atom is -0.465 e. The van der Waals surface area contributed by atoms with E-state index < -0.39 is 0 Å². The summed E-state index contributed by atoms with van der Waals surface area (Å²) in [6, 6.07) is 0. The summed E-state index contributed by atoms with van der Waals surface area (Å²) in [6.45, 7) is 2.23. The van der Waals surface area contributed by atoms with Gasteiger partial charge in [0, 0.05) is 4.88 Å². The van der Waals surface area contributed by atoms with Crippen molar-refractivity contribution in [3.8, 4) is 10.0 Å². The molecule has 0 saturated heterocycles. The van der Waals surface area contributed by atoms with E-state index in [-0.39, 0.29) is 11.9 Å². The van der Waals surface area contributed by atoms with E-state index in [0.29, 0.717) is 10.9 Å². The molecule has 0 aromatic carbocycles. The highest BCUT2D eigenvalue weighted by molar-refractivity contribution is 7.23. The van der Waals surface area contributed by atoms with Gasteiger partial charge in [0.2, 0.25) is 0 Å². The van der Waals surface area contributed by atoms with Crippen LogP contribution in [0.3, 0.4) is 0 Å². The lowest BCUT2D eigenvalue weighted by molar-refractivity contribution is -0.145. The Hall–Kier alpha value is -0.980. The van der Waals surface area contributed by atoms with Gasteiger partial charge in [0.1, 0.15) is 10.3 Å². The maximum atomic E-state index is 12.0. The zero-order valence-corrected chi connectivity index (χ0v) is 13.3. The lowest BCUT2D eigenvalue weighted by Crippen LogP contribution is -2.20. The van der Waals surface area contributed by atoms with E-state index in [9.17, 15) is 4.79 Å². The maximum absolute atomic E-state index is 12.0. The minimum absolute atomic E-state index is 0.164. The molecule has 0 bridgehead atoms. The van der Waals surface area contributed by atoms with Gasteiger partial charge in [-0.25, -0.2) is 9.97 Å². The molecule has 0 fully saturated rings. The van der Waals surface area contributed by atoms with Gasteiger partial charge in [-0.15, -0.1) is 11.3 Å². The van der Waals surface area contributed by atoms with Crippen molar-refractivity contribution in [2.45, 2.75) is 32.1 Å². The lowest BCUT2D eigenvalue weighted by atomic mass is 9.91. The molecule has 106 valence electrons. The van der Waals surface area contributed by atoms with Crippen LogP contribution in [0.1, 0.15) is 36.3 Å². The Morgan fingerprint density at radius 2 is 2.35 bits per heavy atom. The fraction of sp³-hybridized carbons (Fsp3) is 0.462. The van der Waals surface area contributed by atoms with Crippen molar-refractivity contribution < 1.29 is 9.53 Å². The van der Waals surface area contributed by atoms with Gasteiger partial charge >= 0.3 is 5.97 Å². The van der Waals surface area contributed by atoms with Crippen molar-refractivity contribution in [2.24, 2.45) is 0 Å². The summed E-state index contributed by atoms with van der Waals surface area (Å²) >= 11 is 8.94. The minimum atomic E-state index is -0.223. The highest BCUT2D eigenvalue weighted by Crippen LogP contribution is 2.40. The van der Waals surface area contributed by atoms with E-state index in [1.165, 1.54) is 16.2 Å². The van der Waals surface area contributed by atoms with E-state index in [4.69, 9.17) is 16.3 Å². The van der Waals surface area contributed by atoms with E-state index in [1.54, 1.807) is 17.5 Å². The van der Waals surface area contributed by atoms with Gasteiger partial charge in [0.25, 0.3) is 0 Å². The Morgan fingerprint density at radius 3 is 3.05 bits per heavy atom. The fourth-order valence-electron chi connectivity index (χ4n) is 2.34. The highest BCUT2D eigenvalue weighted by atomic mass is 35.5. The molecule has 1 aliphatic carbocycles. The molecule has 2 heterocycles. The van der Waals surface area contributed by atoms with Crippen molar-refractivity contribution in [2.75, 3.05) is 6.61 Å². The number of rotatable bonds is 3. The van der Waals surface area contributed by atoms with Gasteiger partial charge in [-0.05, 0) is 26.2 Å². The van der Waals surface area contributed by atoms with E-state index in [1.807, 2.05) is 6.92 Å². The van der Waals surface area contributed by atoms with Crippen LogP contribution >= 0.6 is 34.3 Å². The standard InChI is InChI=1S/C13H13ClN2O2S2/c1-2-18-13(17)7-4-3-5-8-10(7)16-12(19-8)11-15-6-9(14)20-11/h6-7H,2-5H2,1H3. The molecule has 7 heteroatoms. The van der Waals surface area contributed by atoms with Crippen molar-refractivity contribution in [3.05, 3.63) is 21.1 Å². The van der Waals surface area contributed by atoms with Gasteiger partial charge in [0.05, 0.1) is 18.5 Å². The quantitative estimate of drug-likeness (QED) is 0.802. The Morgan fingerprint density at radius 1 is 1.50 bits per heavy atom. The number of fused-ring (bicyclic) bond motifs is 1. The Labute approximate surface area is 129 Å². The van der Waals surface area contributed by atoms with Gasteiger partial charge in [-0.2, -0.15) is 0 Å². The smallest absolute Gasteiger partial charge is 0.315 e. The summed E-state index contributed by atoms with van der Waals surface area (Å²) in [4.78, 5) is 22.1. The molecule has 0 N–H and O–H groups in total. The number of aryl methyl sites for hydroxylation is 1. The van der Waals surface area contributed by atoms with Crippen LogP contribution in [0.4, 0.5) is 0 Å². The van der Waals surface area contributed by atoms with Gasteiger partial charge in [0.15, 0.2) is 10.0 Å². The van der Waals surface area contributed by atoms with Crippen molar-refractivity contribution in [1.82, 2.24) is 9.97 Å². The van der Waals surface area contributed by atoms with Crippen LogP contribution in [0, 0.1) is 0 Å². The van der Waals surface area contributed by atoms with Crippen molar-refractivity contribution in [3.63, 3.8) is 0 Å². The first-order chi connectivity index (χ1) is 9.69. The number of hydrogen-bond acceptors (Lipinski definition) is 6. The second-order valence-corrected chi connectivity index (χ2v) is 7.24. The van der Waals surface area contributed by atoms with Crippen LogP contribution in [-0.2, 0) is 16.0 Å². The topological polar surface area (TPSA) is 52.1 Å². The van der Waals surface area contributed by atoms with Crippen LogP contribution in [0.5, 0.6) is 0 Å². The van der Waals surface area contributed by atoms with Crippen LogP contribution in [0.15, 0.2) is 6.20 Å². The predicted molar refractivity (Wildman–Crippen MR) is 80.5 cm³/mol. The number of esters is 1. The van der Waals surface area contributed by atoms with Crippen molar-refractivity contribution >= 4 is 40.2 Å². The molecular weight excluding hydrogens is 316 g/mol. The van der Waals surface area contributed by atoms with Crippen LogP contribution in [0.25, 0.3) is 10.0 Å². The Balaban J connectivity index is 1.94. The summed E-state index contributed by atoms with van der Waals surface area (Å²) in [7, 11) is 0. The van der Waals surface area contributed by atoms with Crippen LogP contribution in [-0.4, -0.2) is 22.5 Å². The van der Waals surface area contributed by atoms with Crippen molar-refractivity contribution in [1.29, 1.82) is 0 Å². The number of hydrogen-bond donors (Lipinski definition) is 0. The highest BCUT2D eigenvalue weighted by Gasteiger charge is 2.31. The number of thiazole rings is 2. The monoisotopic (exact) mass is 328 g/mol. The zero-order chi connectivity index (χ0) is 14.1. The van der Waals surface area contributed by atoms with Gasteiger partial charge in [-0.1, -0.05) is 22.9 Å². The van der Waals surface area contributed by atoms with E-state index >= 15 is 0 Å². The number of nitrogens with zero attached hydrogens (tertiary/aromatic N) is 2.